The Labute approximate surface area is 80.7 Å². The third-order valence-corrected chi connectivity index (χ3v) is 1.88. The van der Waals surface area contributed by atoms with Gasteiger partial charge < -0.3 is 5.73 Å². The fraction of sp³-hybridized carbons (Fsp3) is 0.333. The summed E-state index contributed by atoms with van der Waals surface area (Å²) >= 11 is 0. The second-order valence-corrected chi connectivity index (χ2v) is 2.94. The van der Waals surface area contributed by atoms with Gasteiger partial charge in [0.2, 0.25) is 5.82 Å². The van der Waals surface area contributed by atoms with Crippen molar-refractivity contribution in [2.24, 2.45) is 5.73 Å². The van der Waals surface area contributed by atoms with Crippen LogP contribution in [0.25, 0.3) is 0 Å². The lowest BCUT2D eigenvalue weighted by Crippen LogP contribution is -2.01. The summed E-state index contributed by atoms with van der Waals surface area (Å²) in [6.45, 7) is 0.519. The van der Waals surface area contributed by atoms with Gasteiger partial charge in [-0.25, -0.2) is 0 Å². The molecule has 0 atom stereocenters. The summed E-state index contributed by atoms with van der Waals surface area (Å²) in [7, 11) is 0. The van der Waals surface area contributed by atoms with E-state index in [1.165, 1.54) is 12.1 Å². The highest BCUT2D eigenvalue weighted by atomic mass is 19.1. The summed E-state index contributed by atoms with van der Waals surface area (Å²) < 4.78 is 12.9. The van der Waals surface area contributed by atoms with Crippen molar-refractivity contribution in [1.82, 2.24) is 0 Å². The fourth-order valence-electron chi connectivity index (χ4n) is 1.16. The zero-order valence-corrected chi connectivity index (χ0v) is 7.57. The maximum Gasteiger partial charge on any atom is 0.305 e. The maximum absolute atomic E-state index is 12.9. The minimum Gasteiger partial charge on any atom is -0.330 e. The van der Waals surface area contributed by atoms with Crippen LogP contribution in [0.4, 0.5) is 10.1 Å². The molecular weight excluding hydrogens is 187 g/mol. The SMILES string of the molecule is NCCCc1ccc(F)c([N+](=O)[O-])c1. The standard InChI is InChI=1S/C9H11FN2O2/c10-8-4-3-7(2-1-5-11)6-9(8)12(13)14/h3-4,6H,1-2,5,11H2. The molecule has 76 valence electrons. The van der Waals surface area contributed by atoms with E-state index in [9.17, 15) is 14.5 Å². The Kier molecular flexibility index (Phi) is 3.53. The predicted octanol–water partition coefficient (Wildman–Crippen LogP) is 1.63. The van der Waals surface area contributed by atoms with Gasteiger partial charge in [-0.3, -0.25) is 10.1 Å². The molecule has 5 heteroatoms. The first kappa shape index (κ1) is 10.6. The molecule has 1 aromatic rings. The maximum atomic E-state index is 12.9. The molecule has 4 nitrogen and oxygen atoms in total. The molecule has 0 amide bonds. The van der Waals surface area contributed by atoms with Gasteiger partial charge in [0, 0.05) is 6.07 Å². The van der Waals surface area contributed by atoms with Crippen molar-refractivity contribution in [3.05, 3.63) is 39.7 Å². The van der Waals surface area contributed by atoms with Gasteiger partial charge in [-0.1, -0.05) is 6.07 Å². The molecule has 0 bridgehead atoms. The van der Waals surface area contributed by atoms with Crippen molar-refractivity contribution in [3.63, 3.8) is 0 Å². The van der Waals surface area contributed by atoms with E-state index in [1.54, 1.807) is 0 Å². The van der Waals surface area contributed by atoms with Crippen LogP contribution in [0.2, 0.25) is 0 Å². The first-order chi connectivity index (χ1) is 6.65. The molecule has 0 aliphatic heterocycles. The summed E-state index contributed by atoms with van der Waals surface area (Å²) in [5.74, 6) is -0.800. The number of halogens is 1. The second-order valence-electron chi connectivity index (χ2n) is 2.94. The lowest BCUT2D eigenvalue weighted by Gasteiger charge is -2.00. The van der Waals surface area contributed by atoms with Crippen molar-refractivity contribution < 1.29 is 9.31 Å². The van der Waals surface area contributed by atoms with E-state index < -0.39 is 16.4 Å². The highest BCUT2D eigenvalue weighted by molar-refractivity contribution is 5.36. The number of nitrogens with two attached hydrogens (primary N) is 1. The molecule has 1 rings (SSSR count). The van der Waals surface area contributed by atoms with Crippen molar-refractivity contribution in [2.75, 3.05) is 6.54 Å². The highest BCUT2D eigenvalue weighted by Crippen LogP contribution is 2.19. The van der Waals surface area contributed by atoms with Crippen LogP contribution in [0.5, 0.6) is 0 Å². The second kappa shape index (κ2) is 4.66. The van der Waals surface area contributed by atoms with Crippen LogP contribution >= 0.6 is 0 Å². The van der Waals surface area contributed by atoms with Crippen LogP contribution in [0.1, 0.15) is 12.0 Å². The van der Waals surface area contributed by atoms with Crippen molar-refractivity contribution in [2.45, 2.75) is 12.8 Å². The van der Waals surface area contributed by atoms with Crippen LogP contribution in [-0.4, -0.2) is 11.5 Å². The number of nitro groups is 1. The number of nitrogens with zero attached hydrogens (tertiary/aromatic N) is 1. The molecule has 0 spiro atoms. The minimum absolute atomic E-state index is 0.473. The molecule has 0 saturated heterocycles. The van der Waals surface area contributed by atoms with Crippen LogP contribution in [0, 0.1) is 15.9 Å². The molecular formula is C9H11FN2O2. The zero-order chi connectivity index (χ0) is 10.6. The van der Waals surface area contributed by atoms with E-state index in [1.807, 2.05) is 0 Å². The van der Waals surface area contributed by atoms with Gasteiger partial charge in [0.1, 0.15) is 0 Å². The molecule has 0 aromatic heterocycles. The smallest absolute Gasteiger partial charge is 0.305 e. The van der Waals surface area contributed by atoms with Gasteiger partial charge in [0.15, 0.2) is 0 Å². The Balaban J connectivity index is 2.89. The highest BCUT2D eigenvalue weighted by Gasteiger charge is 2.13. The fourth-order valence-corrected chi connectivity index (χ4v) is 1.16. The summed E-state index contributed by atoms with van der Waals surface area (Å²) in [5.41, 5.74) is 5.56. The molecule has 0 saturated carbocycles. The van der Waals surface area contributed by atoms with E-state index in [-0.39, 0.29) is 0 Å². The Hall–Kier alpha value is -1.49. The van der Waals surface area contributed by atoms with Crippen molar-refractivity contribution in [3.8, 4) is 0 Å². The van der Waals surface area contributed by atoms with Crippen LogP contribution < -0.4 is 5.73 Å². The molecule has 14 heavy (non-hydrogen) atoms. The molecule has 0 heterocycles. The minimum atomic E-state index is -0.800. The Bertz CT molecular complexity index is 342. The van der Waals surface area contributed by atoms with Gasteiger partial charge in [0.25, 0.3) is 0 Å². The van der Waals surface area contributed by atoms with Gasteiger partial charge in [-0.15, -0.1) is 0 Å². The predicted molar refractivity (Wildman–Crippen MR) is 50.4 cm³/mol. The number of rotatable bonds is 4. The molecule has 2 N–H and O–H groups in total. The quantitative estimate of drug-likeness (QED) is 0.590. The van der Waals surface area contributed by atoms with Crippen molar-refractivity contribution in [1.29, 1.82) is 0 Å². The van der Waals surface area contributed by atoms with E-state index in [0.29, 0.717) is 13.0 Å². The van der Waals surface area contributed by atoms with Crippen LogP contribution in [0.3, 0.4) is 0 Å². The first-order valence-electron chi connectivity index (χ1n) is 4.28. The third kappa shape index (κ3) is 2.50. The van der Waals surface area contributed by atoms with Gasteiger partial charge in [-0.2, -0.15) is 4.39 Å². The zero-order valence-electron chi connectivity index (χ0n) is 7.57. The number of hydrogen-bond acceptors (Lipinski definition) is 3. The Morgan fingerprint density at radius 2 is 2.21 bits per heavy atom. The number of nitro benzene ring substituents is 1. The average molecular weight is 198 g/mol. The van der Waals surface area contributed by atoms with E-state index in [0.717, 1.165) is 18.1 Å². The summed E-state index contributed by atoms with van der Waals surface area (Å²) in [6.07, 6.45) is 1.38. The molecule has 1 aromatic carbocycles. The number of hydrogen-bond donors (Lipinski definition) is 1. The summed E-state index contributed by atoms with van der Waals surface area (Å²) in [4.78, 5) is 9.67. The van der Waals surface area contributed by atoms with E-state index in [2.05, 4.69) is 0 Å². The molecule has 0 fully saturated rings. The van der Waals surface area contributed by atoms with Gasteiger partial charge in [0.05, 0.1) is 4.92 Å². The lowest BCUT2D eigenvalue weighted by atomic mass is 10.1. The summed E-state index contributed by atoms with van der Waals surface area (Å²) in [5, 5.41) is 10.4. The van der Waals surface area contributed by atoms with Gasteiger partial charge in [-0.05, 0) is 31.0 Å². The first-order valence-corrected chi connectivity index (χ1v) is 4.28. The normalized spacial score (nSPS) is 10.1. The third-order valence-electron chi connectivity index (χ3n) is 1.88. The van der Waals surface area contributed by atoms with Crippen LogP contribution in [0.15, 0.2) is 18.2 Å². The molecule has 0 unspecified atom stereocenters. The number of benzene rings is 1. The topological polar surface area (TPSA) is 69.2 Å². The van der Waals surface area contributed by atoms with Crippen LogP contribution in [-0.2, 0) is 6.42 Å². The average Bonchev–Trinajstić information content (AvgIpc) is 2.16. The summed E-state index contributed by atoms with van der Waals surface area (Å²) in [6, 6.07) is 3.91. The molecule has 0 radical (unpaired) electrons. The Morgan fingerprint density at radius 3 is 2.79 bits per heavy atom. The molecule has 0 aliphatic rings. The Morgan fingerprint density at radius 1 is 1.50 bits per heavy atom. The van der Waals surface area contributed by atoms with Gasteiger partial charge >= 0.3 is 5.69 Å². The molecule has 0 aliphatic carbocycles. The lowest BCUT2D eigenvalue weighted by molar-refractivity contribution is -0.387. The van der Waals surface area contributed by atoms with Crippen molar-refractivity contribution >= 4 is 5.69 Å². The van der Waals surface area contributed by atoms with E-state index in [4.69, 9.17) is 5.73 Å². The number of aryl methyl sites for hydroxylation is 1. The van der Waals surface area contributed by atoms with E-state index >= 15 is 0 Å². The monoisotopic (exact) mass is 198 g/mol. The largest absolute Gasteiger partial charge is 0.330 e.